The molecule has 0 unspecified atom stereocenters. The minimum absolute atomic E-state index is 0.0457. The molecule has 0 radical (unpaired) electrons. The van der Waals surface area contributed by atoms with E-state index in [0.29, 0.717) is 5.56 Å². The van der Waals surface area contributed by atoms with Crippen LogP contribution in [0.1, 0.15) is 21.5 Å². The average Bonchev–Trinajstić information content (AvgIpc) is 2.61. The van der Waals surface area contributed by atoms with Crippen molar-refractivity contribution in [1.82, 2.24) is 10.3 Å². The standard InChI is InChI=1S/C19H16Cl2N2O3/c1-10-3-6-15-11(7-10)8-12(18(24)23-15)9-22-19(25)16-13(20)4-5-14(21)17(16)26-2/h3-8H,9H2,1-2H3,(H,22,25)(H,23,24). The molecule has 134 valence electrons. The molecule has 7 heteroatoms. The van der Waals surface area contributed by atoms with Crippen molar-refractivity contribution < 1.29 is 9.53 Å². The molecule has 3 aromatic rings. The molecule has 0 aliphatic heterocycles. The summed E-state index contributed by atoms with van der Waals surface area (Å²) < 4.78 is 5.18. The van der Waals surface area contributed by atoms with Crippen LogP contribution in [0.4, 0.5) is 0 Å². The number of pyridine rings is 1. The van der Waals surface area contributed by atoms with Crippen LogP contribution in [-0.2, 0) is 6.54 Å². The summed E-state index contributed by atoms with van der Waals surface area (Å²) in [4.78, 5) is 27.6. The molecule has 0 saturated heterocycles. The van der Waals surface area contributed by atoms with Crippen LogP contribution < -0.4 is 15.6 Å². The third-order valence-electron chi connectivity index (χ3n) is 4.01. The highest BCUT2D eigenvalue weighted by Gasteiger charge is 2.19. The molecule has 1 aromatic heterocycles. The Labute approximate surface area is 159 Å². The van der Waals surface area contributed by atoms with Gasteiger partial charge in [-0.25, -0.2) is 0 Å². The van der Waals surface area contributed by atoms with Crippen LogP contribution in [0.5, 0.6) is 5.75 Å². The first-order valence-electron chi connectivity index (χ1n) is 7.83. The number of hydrogen-bond acceptors (Lipinski definition) is 3. The summed E-state index contributed by atoms with van der Waals surface area (Å²) in [5, 5.41) is 4.09. The highest BCUT2D eigenvalue weighted by atomic mass is 35.5. The van der Waals surface area contributed by atoms with Crippen molar-refractivity contribution in [2.75, 3.05) is 7.11 Å². The summed E-state index contributed by atoms with van der Waals surface area (Å²) in [6.45, 7) is 2.02. The second-order valence-electron chi connectivity index (χ2n) is 5.83. The van der Waals surface area contributed by atoms with Crippen molar-refractivity contribution in [3.8, 4) is 5.75 Å². The number of amides is 1. The molecule has 2 aromatic carbocycles. The Balaban J connectivity index is 1.89. The van der Waals surface area contributed by atoms with Gasteiger partial charge in [-0.1, -0.05) is 34.8 Å². The Hall–Kier alpha value is -2.50. The fraction of sp³-hybridized carbons (Fsp3) is 0.158. The maximum absolute atomic E-state index is 12.6. The van der Waals surface area contributed by atoms with Gasteiger partial charge in [0, 0.05) is 17.6 Å². The molecular weight excluding hydrogens is 375 g/mol. The molecule has 1 heterocycles. The monoisotopic (exact) mass is 390 g/mol. The number of fused-ring (bicyclic) bond motifs is 1. The van der Waals surface area contributed by atoms with E-state index in [1.54, 1.807) is 12.1 Å². The van der Waals surface area contributed by atoms with Gasteiger partial charge in [0.05, 0.1) is 17.2 Å². The van der Waals surface area contributed by atoms with Crippen LogP contribution in [0, 0.1) is 6.92 Å². The van der Waals surface area contributed by atoms with E-state index >= 15 is 0 Å². The number of H-pyrrole nitrogens is 1. The highest BCUT2D eigenvalue weighted by Crippen LogP contribution is 2.33. The first-order valence-corrected chi connectivity index (χ1v) is 8.59. The van der Waals surface area contributed by atoms with E-state index in [-0.39, 0.29) is 33.5 Å². The normalized spacial score (nSPS) is 10.8. The van der Waals surface area contributed by atoms with Crippen LogP contribution in [0.15, 0.2) is 41.2 Å². The van der Waals surface area contributed by atoms with Gasteiger partial charge in [0.25, 0.3) is 11.5 Å². The molecule has 0 fully saturated rings. The van der Waals surface area contributed by atoms with E-state index in [0.717, 1.165) is 16.5 Å². The number of hydrogen-bond donors (Lipinski definition) is 2. The number of carbonyl (C=O) groups excluding carboxylic acids is 1. The van der Waals surface area contributed by atoms with Crippen LogP contribution in [0.2, 0.25) is 10.0 Å². The number of carbonyl (C=O) groups is 1. The lowest BCUT2D eigenvalue weighted by atomic mass is 10.1. The smallest absolute Gasteiger partial charge is 0.256 e. The van der Waals surface area contributed by atoms with Crippen LogP contribution in [0.3, 0.4) is 0 Å². The number of aryl methyl sites for hydroxylation is 1. The van der Waals surface area contributed by atoms with Gasteiger partial charge < -0.3 is 15.0 Å². The van der Waals surface area contributed by atoms with Crippen molar-refractivity contribution >= 4 is 40.0 Å². The van der Waals surface area contributed by atoms with Crippen LogP contribution in [0.25, 0.3) is 10.9 Å². The van der Waals surface area contributed by atoms with Crippen LogP contribution >= 0.6 is 23.2 Å². The first-order chi connectivity index (χ1) is 12.4. The van der Waals surface area contributed by atoms with E-state index in [4.69, 9.17) is 27.9 Å². The fourth-order valence-electron chi connectivity index (χ4n) is 2.71. The summed E-state index contributed by atoms with van der Waals surface area (Å²) >= 11 is 12.2. The summed E-state index contributed by atoms with van der Waals surface area (Å²) in [5.74, 6) is -0.280. The van der Waals surface area contributed by atoms with Crippen molar-refractivity contribution in [2.45, 2.75) is 13.5 Å². The molecule has 0 spiro atoms. The molecule has 0 aliphatic carbocycles. The predicted molar refractivity (Wildman–Crippen MR) is 103 cm³/mol. The highest BCUT2D eigenvalue weighted by molar-refractivity contribution is 6.37. The van der Waals surface area contributed by atoms with Crippen molar-refractivity contribution in [1.29, 1.82) is 0 Å². The number of rotatable bonds is 4. The van der Waals surface area contributed by atoms with Gasteiger partial charge in [-0.15, -0.1) is 0 Å². The van der Waals surface area contributed by atoms with E-state index in [1.807, 2.05) is 25.1 Å². The summed E-state index contributed by atoms with van der Waals surface area (Å²) in [5.41, 5.74) is 2.14. The maximum Gasteiger partial charge on any atom is 0.256 e. The van der Waals surface area contributed by atoms with E-state index < -0.39 is 5.91 Å². The number of benzene rings is 2. The van der Waals surface area contributed by atoms with E-state index in [2.05, 4.69) is 10.3 Å². The largest absolute Gasteiger partial charge is 0.494 e. The SMILES string of the molecule is COc1c(Cl)ccc(Cl)c1C(=O)NCc1cc2cc(C)ccc2[nH]c1=O. The van der Waals surface area contributed by atoms with Gasteiger partial charge in [-0.05, 0) is 42.6 Å². The topological polar surface area (TPSA) is 71.2 Å². The van der Waals surface area contributed by atoms with Gasteiger partial charge in [0.15, 0.2) is 5.75 Å². The van der Waals surface area contributed by atoms with Crippen molar-refractivity contribution in [3.63, 3.8) is 0 Å². The summed E-state index contributed by atoms with van der Waals surface area (Å²) in [6, 6.07) is 10.6. The number of halogens is 2. The maximum atomic E-state index is 12.6. The summed E-state index contributed by atoms with van der Waals surface area (Å²) in [7, 11) is 1.41. The first kappa shape index (κ1) is 18.3. The number of aromatic nitrogens is 1. The molecule has 2 N–H and O–H groups in total. The van der Waals surface area contributed by atoms with E-state index in [1.165, 1.54) is 13.2 Å². The fourth-order valence-corrected chi connectivity index (χ4v) is 3.18. The summed E-state index contributed by atoms with van der Waals surface area (Å²) in [6.07, 6.45) is 0. The average molecular weight is 391 g/mol. The van der Waals surface area contributed by atoms with Gasteiger partial charge in [0.2, 0.25) is 0 Å². The third-order valence-corrected chi connectivity index (χ3v) is 4.62. The van der Waals surface area contributed by atoms with Crippen molar-refractivity contribution in [3.05, 3.63) is 73.5 Å². The van der Waals surface area contributed by atoms with Gasteiger partial charge in [-0.2, -0.15) is 0 Å². The van der Waals surface area contributed by atoms with Crippen molar-refractivity contribution in [2.24, 2.45) is 0 Å². The molecule has 5 nitrogen and oxygen atoms in total. The Morgan fingerprint density at radius 2 is 1.88 bits per heavy atom. The minimum atomic E-state index is -0.474. The minimum Gasteiger partial charge on any atom is -0.494 e. The Morgan fingerprint density at radius 3 is 2.62 bits per heavy atom. The second kappa shape index (κ2) is 7.40. The van der Waals surface area contributed by atoms with Gasteiger partial charge in [-0.3, -0.25) is 9.59 Å². The lowest BCUT2D eigenvalue weighted by molar-refractivity contribution is 0.0948. The zero-order chi connectivity index (χ0) is 18.8. The zero-order valence-corrected chi connectivity index (χ0v) is 15.7. The van der Waals surface area contributed by atoms with Gasteiger partial charge in [0.1, 0.15) is 5.56 Å². The third kappa shape index (κ3) is 3.54. The number of aromatic amines is 1. The van der Waals surface area contributed by atoms with Gasteiger partial charge >= 0.3 is 0 Å². The Bertz CT molecular complexity index is 1060. The predicted octanol–water partition coefficient (Wildman–Crippen LogP) is 4.08. The quantitative estimate of drug-likeness (QED) is 0.704. The number of ether oxygens (including phenoxy) is 1. The molecule has 26 heavy (non-hydrogen) atoms. The number of methoxy groups -OCH3 is 1. The lowest BCUT2D eigenvalue weighted by Crippen LogP contribution is -2.27. The van der Waals surface area contributed by atoms with E-state index in [9.17, 15) is 9.59 Å². The molecule has 3 rings (SSSR count). The lowest BCUT2D eigenvalue weighted by Gasteiger charge is -2.12. The molecule has 0 saturated carbocycles. The second-order valence-corrected chi connectivity index (χ2v) is 6.65. The molecule has 0 atom stereocenters. The number of nitrogens with one attached hydrogen (secondary N) is 2. The molecular formula is C19H16Cl2N2O3. The Kier molecular flexibility index (Phi) is 5.20. The molecule has 0 bridgehead atoms. The van der Waals surface area contributed by atoms with Crippen LogP contribution in [-0.4, -0.2) is 18.0 Å². The molecule has 0 aliphatic rings. The Morgan fingerprint density at radius 1 is 1.15 bits per heavy atom. The zero-order valence-electron chi connectivity index (χ0n) is 14.2. The molecule has 1 amide bonds.